The zero-order valence-electron chi connectivity index (χ0n) is 11.8. The highest BCUT2D eigenvalue weighted by Crippen LogP contribution is 2.38. The Kier molecular flexibility index (Phi) is 3.13. The number of hydrogen-bond donors (Lipinski definition) is 0. The molecule has 0 radical (unpaired) electrons. The molecule has 108 valence electrons. The SMILES string of the molecule is N#Cc1ccc2nc(CCl)n(C3CCN4CCCC34)c2c1. The Morgan fingerprint density at radius 3 is 3.00 bits per heavy atom. The maximum atomic E-state index is 9.15. The summed E-state index contributed by atoms with van der Waals surface area (Å²) in [5.41, 5.74) is 2.69. The van der Waals surface area contributed by atoms with E-state index in [0.717, 1.165) is 29.8 Å². The number of imidazole rings is 1. The molecule has 0 saturated carbocycles. The number of halogens is 1. The first kappa shape index (κ1) is 13.1. The highest BCUT2D eigenvalue weighted by molar-refractivity contribution is 6.16. The van der Waals surface area contributed by atoms with Gasteiger partial charge in [-0.3, -0.25) is 4.90 Å². The number of nitrogens with zero attached hydrogens (tertiary/aromatic N) is 4. The van der Waals surface area contributed by atoms with E-state index in [1.165, 1.54) is 19.4 Å². The minimum absolute atomic E-state index is 0.416. The van der Waals surface area contributed by atoms with Crippen molar-refractivity contribution in [3.63, 3.8) is 0 Å². The molecule has 0 spiro atoms. The first-order valence-corrected chi connectivity index (χ1v) is 8.06. The van der Waals surface area contributed by atoms with E-state index in [1.54, 1.807) is 0 Å². The summed E-state index contributed by atoms with van der Waals surface area (Å²) < 4.78 is 2.30. The number of benzene rings is 1. The molecule has 2 unspecified atom stereocenters. The Balaban J connectivity index is 1.88. The van der Waals surface area contributed by atoms with Crippen LogP contribution in [0.4, 0.5) is 0 Å². The average Bonchev–Trinajstić information content (AvgIpc) is 3.19. The standard InChI is InChI=1S/C16H17ClN4/c17-9-16-19-12-4-3-11(10-18)8-15(12)21(16)14-5-7-20-6-1-2-13(14)20/h3-4,8,13-14H,1-2,5-7,9H2. The van der Waals surface area contributed by atoms with Crippen LogP contribution in [0.15, 0.2) is 18.2 Å². The molecule has 2 aromatic rings. The van der Waals surface area contributed by atoms with Crippen molar-refractivity contribution in [1.82, 2.24) is 14.5 Å². The Labute approximate surface area is 128 Å². The topological polar surface area (TPSA) is 44.9 Å². The zero-order chi connectivity index (χ0) is 14.4. The molecule has 1 aromatic carbocycles. The molecule has 2 fully saturated rings. The zero-order valence-corrected chi connectivity index (χ0v) is 12.6. The van der Waals surface area contributed by atoms with Crippen LogP contribution in [0.25, 0.3) is 11.0 Å². The van der Waals surface area contributed by atoms with Crippen molar-refractivity contribution in [2.75, 3.05) is 13.1 Å². The van der Waals surface area contributed by atoms with E-state index in [1.807, 2.05) is 18.2 Å². The number of rotatable bonds is 2. The second-order valence-electron chi connectivity index (χ2n) is 5.95. The van der Waals surface area contributed by atoms with E-state index in [-0.39, 0.29) is 0 Å². The minimum atomic E-state index is 0.416. The molecule has 4 rings (SSSR count). The van der Waals surface area contributed by atoms with Gasteiger partial charge in [0.1, 0.15) is 5.82 Å². The molecule has 2 atom stereocenters. The lowest BCUT2D eigenvalue weighted by molar-refractivity contribution is 0.290. The summed E-state index contributed by atoms with van der Waals surface area (Å²) in [4.78, 5) is 7.25. The van der Waals surface area contributed by atoms with Gasteiger partial charge in [-0.1, -0.05) is 0 Å². The van der Waals surface area contributed by atoms with Crippen LogP contribution in [0.2, 0.25) is 0 Å². The van der Waals surface area contributed by atoms with Gasteiger partial charge in [0, 0.05) is 12.6 Å². The van der Waals surface area contributed by atoms with E-state index >= 15 is 0 Å². The van der Waals surface area contributed by atoms with Crippen LogP contribution in [0, 0.1) is 11.3 Å². The average molecular weight is 301 g/mol. The lowest BCUT2D eigenvalue weighted by Crippen LogP contribution is -2.28. The van der Waals surface area contributed by atoms with Gasteiger partial charge in [0.15, 0.2) is 0 Å². The van der Waals surface area contributed by atoms with Crippen molar-refractivity contribution in [1.29, 1.82) is 5.26 Å². The third-order valence-electron chi connectivity index (χ3n) is 4.91. The van der Waals surface area contributed by atoms with Crippen LogP contribution in [-0.2, 0) is 5.88 Å². The second kappa shape index (κ2) is 5.01. The van der Waals surface area contributed by atoms with Crippen LogP contribution in [-0.4, -0.2) is 33.6 Å². The summed E-state index contributed by atoms with van der Waals surface area (Å²) in [5, 5.41) is 9.15. The van der Waals surface area contributed by atoms with Crippen molar-refractivity contribution >= 4 is 22.6 Å². The number of nitriles is 1. The normalized spacial score (nSPS) is 25.3. The van der Waals surface area contributed by atoms with Gasteiger partial charge < -0.3 is 4.57 Å². The first-order valence-electron chi connectivity index (χ1n) is 7.53. The Morgan fingerprint density at radius 2 is 2.19 bits per heavy atom. The summed E-state index contributed by atoms with van der Waals surface area (Å²) in [7, 11) is 0. The summed E-state index contributed by atoms with van der Waals surface area (Å²) in [6, 6.07) is 8.99. The Hall–Kier alpha value is -1.57. The highest BCUT2D eigenvalue weighted by Gasteiger charge is 2.39. The fourth-order valence-electron chi connectivity index (χ4n) is 4.03. The second-order valence-corrected chi connectivity index (χ2v) is 6.22. The van der Waals surface area contributed by atoms with Gasteiger partial charge in [0.25, 0.3) is 0 Å². The van der Waals surface area contributed by atoms with E-state index in [9.17, 15) is 0 Å². The molecular formula is C16H17ClN4. The third kappa shape index (κ3) is 1.96. The highest BCUT2D eigenvalue weighted by atomic mass is 35.5. The Bertz CT molecular complexity index is 730. The Morgan fingerprint density at radius 1 is 1.29 bits per heavy atom. The van der Waals surface area contributed by atoms with Crippen LogP contribution in [0.5, 0.6) is 0 Å². The van der Waals surface area contributed by atoms with E-state index in [0.29, 0.717) is 23.5 Å². The third-order valence-corrected chi connectivity index (χ3v) is 5.15. The van der Waals surface area contributed by atoms with Crippen molar-refractivity contribution in [2.24, 2.45) is 0 Å². The molecule has 2 saturated heterocycles. The number of alkyl halides is 1. The van der Waals surface area contributed by atoms with Crippen LogP contribution in [0.3, 0.4) is 0 Å². The quantitative estimate of drug-likeness (QED) is 0.801. The van der Waals surface area contributed by atoms with Crippen LogP contribution >= 0.6 is 11.6 Å². The lowest BCUT2D eigenvalue weighted by atomic mass is 10.1. The van der Waals surface area contributed by atoms with E-state index < -0.39 is 0 Å². The van der Waals surface area contributed by atoms with Gasteiger partial charge in [-0.2, -0.15) is 5.26 Å². The molecule has 2 aliphatic rings. The monoisotopic (exact) mass is 300 g/mol. The van der Waals surface area contributed by atoms with Crippen LogP contribution < -0.4 is 0 Å². The molecule has 0 amide bonds. The molecular weight excluding hydrogens is 284 g/mol. The molecule has 5 heteroatoms. The minimum Gasteiger partial charge on any atom is -0.322 e. The van der Waals surface area contributed by atoms with Gasteiger partial charge in [0.2, 0.25) is 0 Å². The predicted molar refractivity (Wildman–Crippen MR) is 82.3 cm³/mol. The van der Waals surface area contributed by atoms with Gasteiger partial charge >= 0.3 is 0 Å². The molecule has 0 N–H and O–H groups in total. The summed E-state index contributed by atoms with van der Waals surface area (Å²) in [5.74, 6) is 1.35. The molecule has 4 nitrogen and oxygen atoms in total. The number of hydrogen-bond acceptors (Lipinski definition) is 3. The fourth-order valence-corrected chi connectivity index (χ4v) is 4.22. The fraction of sp³-hybridized carbons (Fsp3) is 0.500. The molecule has 3 heterocycles. The van der Waals surface area contributed by atoms with Crippen molar-refractivity contribution in [3.05, 3.63) is 29.6 Å². The predicted octanol–water partition coefficient (Wildman–Crippen LogP) is 3.06. The lowest BCUT2D eigenvalue weighted by Gasteiger charge is -2.23. The van der Waals surface area contributed by atoms with Gasteiger partial charge in [-0.05, 0) is 44.0 Å². The van der Waals surface area contributed by atoms with Gasteiger partial charge in [-0.25, -0.2) is 4.98 Å². The largest absolute Gasteiger partial charge is 0.322 e. The smallest absolute Gasteiger partial charge is 0.125 e. The first-order chi connectivity index (χ1) is 10.3. The summed E-state index contributed by atoms with van der Waals surface area (Å²) in [6.45, 7) is 2.38. The molecule has 21 heavy (non-hydrogen) atoms. The maximum Gasteiger partial charge on any atom is 0.125 e. The van der Waals surface area contributed by atoms with Crippen LogP contribution in [0.1, 0.15) is 36.7 Å². The van der Waals surface area contributed by atoms with Crippen molar-refractivity contribution < 1.29 is 0 Å². The summed E-state index contributed by atoms with van der Waals surface area (Å²) in [6.07, 6.45) is 3.69. The van der Waals surface area contributed by atoms with E-state index in [4.69, 9.17) is 16.9 Å². The molecule has 2 aliphatic heterocycles. The molecule has 1 aromatic heterocycles. The van der Waals surface area contributed by atoms with Gasteiger partial charge in [0.05, 0.1) is 34.6 Å². The van der Waals surface area contributed by atoms with Crippen molar-refractivity contribution in [2.45, 2.75) is 37.2 Å². The number of fused-ring (bicyclic) bond motifs is 2. The number of aromatic nitrogens is 2. The molecule has 0 bridgehead atoms. The van der Waals surface area contributed by atoms with Crippen molar-refractivity contribution in [3.8, 4) is 6.07 Å². The molecule has 0 aliphatic carbocycles. The van der Waals surface area contributed by atoms with Gasteiger partial charge in [-0.15, -0.1) is 11.6 Å². The summed E-state index contributed by atoms with van der Waals surface area (Å²) >= 11 is 6.14. The maximum absolute atomic E-state index is 9.15. The van der Waals surface area contributed by atoms with E-state index in [2.05, 4.69) is 20.5 Å².